The Hall–Kier alpha value is -2.82. The molecule has 0 bridgehead atoms. The van der Waals surface area contributed by atoms with Crippen LogP contribution in [-0.4, -0.2) is 15.2 Å². The minimum Gasteiger partial charge on any atom is -0.486 e. The summed E-state index contributed by atoms with van der Waals surface area (Å²) in [7, 11) is 0. The first-order chi connectivity index (χ1) is 10.3. The average molecular weight is 280 g/mol. The molecule has 0 atom stereocenters. The SMILES string of the molecule is Cc1ccc(Nc2n[nH]c(COc3ccccc3)n2)cc1. The van der Waals surface area contributed by atoms with E-state index in [2.05, 4.69) is 27.4 Å². The third-order valence-corrected chi connectivity index (χ3v) is 2.96. The van der Waals surface area contributed by atoms with Crippen LogP contribution in [0.1, 0.15) is 11.4 Å². The molecule has 0 radical (unpaired) electrons. The number of rotatable bonds is 5. The number of hydrogen-bond donors (Lipinski definition) is 2. The van der Waals surface area contributed by atoms with Crippen LogP contribution in [-0.2, 0) is 6.61 Å². The van der Waals surface area contributed by atoms with Gasteiger partial charge in [-0.05, 0) is 31.2 Å². The van der Waals surface area contributed by atoms with E-state index in [1.807, 2.05) is 54.6 Å². The maximum Gasteiger partial charge on any atom is 0.246 e. The van der Waals surface area contributed by atoms with Gasteiger partial charge in [-0.3, -0.25) is 5.10 Å². The van der Waals surface area contributed by atoms with E-state index < -0.39 is 0 Å². The van der Waals surface area contributed by atoms with Crippen LogP contribution < -0.4 is 10.1 Å². The molecule has 3 rings (SSSR count). The highest BCUT2D eigenvalue weighted by molar-refractivity contribution is 5.53. The number of para-hydroxylation sites is 1. The third kappa shape index (κ3) is 3.60. The molecule has 0 aliphatic rings. The smallest absolute Gasteiger partial charge is 0.246 e. The molecular formula is C16H16N4O. The molecule has 1 heterocycles. The van der Waals surface area contributed by atoms with Crippen LogP contribution in [0.25, 0.3) is 0 Å². The van der Waals surface area contributed by atoms with Crippen molar-refractivity contribution < 1.29 is 4.74 Å². The fourth-order valence-electron chi connectivity index (χ4n) is 1.85. The Bertz CT molecular complexity index is 692. The third-order valence-electron chi connectivity index (χ3n) is 2.96. The van der Waals surface area contributed by atoms with Gasteiger partial charge < -0.3 is 10.1 Å². The fourth-order valence-corrected chi connectivity index (χ4v) is 1.85. The van der Waals surface area contributed by atoms with Crippen molar-refractivity contribution in [2.24, 2.45) is 0 Å². The van der Waals surface area contributed by atoms with Gasteiger partial charge >= 0.3 is 0 Å². The molecule has 0 aliphatic carbocycles. The quantitative estimate of drug-likeness (QED) is 0.751. The first-order valence-corrected chi connectivity index (χ1v) is 6.72. The summed E-state index contributed by atoms with van der Waals surface area (Å²) in [5, 5.41) is 10.1. The standard InChI is InChI=1S/C16H16N4O/c1-12-7-9-13(10-8-12)17-16-18-15(19-20-16)11-21-14-5-3-2-4-6-14/h2-10H,11H2,1H3,(H2,17,18,19,20). The van der Waals surface area contributed by atoms with Crippen molar-refractivity contribution in [2.75, 3.05) is 5.32 Å². The lowest BCUT2D eigenvalue weighted by molar-refractivity contribution is 0.296. The molecule has 21 heavy (non-hydrogen) atoms. The Balaban J connectivity index is 1.59. The van der Waals surface area contributed by atoms with Gasteiger partial charge in [0.2, 0.25) is 5.95 Å². The minimum atomic E-state index is 0.354. The molecular weight excluding hydrogens is 264 g/mol. The van der Waals surface area contributed by atoms with E-state index in [0.717, 1.165) is 11.4 Å². The number of anilines is 2. The van der Waals surface area contributed by atoms with Gasteiger partial charge in [0.1, 0.15) is 12.4 Å². The predicted molar refractivity (Wildman–Crippen MR) is 81.6 cm³/mol. The van der Waals surface area contributed by atoms with E-state index in [1.54, 1.807) is 0 Å². The van der Waals surface area contributed by atoms with Gasteiger partial charge in [0.05, 0.1) is 0 Å². The maximum absolute atomic E-state index is 5.61. The van der Waals surface area contributed by atoms with Crippen LogP contribution in [0.5, 0.6) is 5.75 Å². The Labute approximate surface area is 123 Å². The van der Waals surface area contributed by atoms with Crippen molar-refractivity contribution in [3.05, 3.63) is 66.0 Å². The van der Waals surface area contributed by atoms with Gasteiger partial charge in [0.25, 0.3) is 0 Å². The highest BCUT2D eigenvalue weighted by Gasteiger charge is 2.04. The number of H-pyrrole nitrogens is 1. The first kappa shape index (κ1) is 13.2. The zero-order valence-corrected chi connectivity index (χ0v) is 11.7. The van der Waals surface area contributed by atoms with Crippen molar-refractivity contribution >= 4 is 11.6 Å². The second-order valence-electron chi connectivity index (χ2n) is 4.70. The topological polar surface area (TPSA) is 62.8 Å². The molecule has 0 aliphatic heterocycles. The lowest BCUT2D eigenvalue weighted by Crippen LogP contribution is -1.97. The number of benzene rings is 2. The molecule has 0 fully saturated rings. The lowest BCUT2D eigenvalue weighted by Gasteiger charge is -2.02. The molecule has 0 spiro atoms. The molecule has 0 saturated heterocycles. The number of nitrogens with zero attached hydrogens (tertiary/aromatic N) is 2. The van der Waals surface area contributed by atoms with Crippen LogP contribution in [0.2, 0.25) is 0 Å². The van der Waals surface area contributed by atoms with E-state index in [1.165, 1.54) is 5.56 Å². The predicted octanol–water partition coefficient (Wildman–Crippen LogP) is 3.44. The van der Waals surface area contributed by atoms with Gasteiger partial charge in [-0.25, -0.2) is 0 Å². The van der Waals surface area contributed by atoms with Crippen LogP contribution in [0, 0.1) is 6.92 Å². The summed E-state index contributed by atoms with van der Waals surface area (Å²) in [5.41, 5.74) is 2.17. The molecule has 1 aromatic heterocycles. The molecule has 0 unspecified atom stereocenters. The number of aromatic amines is 1. The minimum absolute atomic E-state index is 0.354. The van der Waals surface area contributed by atoms with Crippen LogP contribution >= 0.6 is 0 Å². The highest BCUT2D eigenvalue weighted by Crippen LogP contribution is 2.14. The summed E-state index contributed by atoms with van der Waals surface area (Å²) < 4.78 is 5.61. The summed E-state index contributed by atoms with van der Waals surface area (Å²) in [6, 6.07) is 17.7. The fraction of sp³-hybridized carbons (Fsp3) is 0.125. The first-order valence-electron chi connectivity index (χ1n) is 6.72. The van der Waals surface area contributed by atoms with E-state index in [-0.39, 0.29) is 0 Å². The van der Waals surface area contributed by atoms with Crippen molar-refractivity contribution in [3.63, 3.8) is 0 Å². The molecule has 2 N–H and O–H groups in total. The second-order valence-corrected chi connectivity index (χ2v) is 4.70. The van der Waals surface area contributed by atoms with Crippen molar-refractivity contribution in [2.45, 2.75) is 13.5 Å². The molecule has 3 aromatic rings. The summed E-state index contributed by atoms with van der Waals surface area (Å²) >= 11 is 0. The van der Waals surface area contributed by atoms with Crippen molar-refractivity contribution in [1.82, 2.24) is 15.2 Å². The number of aromatic nitrogens is 3. The van der Waals surface area contributed by atoms with Gasteiger partial charge in [-0.2, -0.15) is 4.98 Å². The summed E-state index contributed by atoms with van der Waals surface area (Å²) in [4.78, 5) is 4.34. The van der Waals surface area contributed by atoms with Crippen molar-refractivity contribution in [3.8, 4) is 5.75 Å². The molecule has 0 saturated carbocycles. The normalized spacial score (nSPS) is 10.3. The largest absolute Gasteiger partial charge is 0.486 e. The van der Waals surface area contributed by atoms with Crippen LogP contribution in [0.3, 0.4) is 0 Å². The van der Waals surface area contributed by atoms with E-state index in [9.17, 15) is 0 Å². The zero-order valence-electron chi connectivity index (χ0n) is 11.7. The van der Waals surface area contributed by atoms with E-state index >= 15 is 0 Å². The number of hydrogen-bond acceptors (Lipinski definition) is 4. The van der Waals surface area contributed by atoms with Gasteiger partial charge in [-0.1, -0.05) is 35.9 Å². The van der Waals surface area contributed by atoms with Crippen LogP contribution in [0.15, 0.2) is 54.6 Å². The van der Waals surface area contributed by atoms with Crippen molar-refractivity contribution in [1.29, 1.82) is 0 Å². The van der Waals surface area contributed by atoms with Gasteiger partial charge in [0.15, 0.2) is 5.82 Å². The number of nitrogens with one attached hydrogen (secondary N) is 2. The Morgan fingerprint density at radius 2 is 1.81 bits per heavy atom. The Morgan fingerprint density at radius 3 is 2.57 bits per heavy atom. The van der Waals surface area contributed by atoms with Gasteiger partial charge in [-0.15, -0.1) is 5.10 Å². The molecule has 0 amide bonds. The summed E-state index contributed by atoms with van der Waals surface area (Å²) in [6.07, 6.45) is 0. The number of ether oxygens (including phenoxy) is 1. The number of aryl methyl sites for hydroxylation is 1. The van der Waals surface area contributed by atoms with E-state index in [0.29, 0.717) is 18.4 Å². The molecule has 5 nitrogen and oxygen atoms in total. The monoisotopic (exact) mass is 280 g/mol. The lowest BCUT2D eigenvalue weighted by atomic mass is 10.2. The zero-order chi connectivity index (χ0) is 14.5. The van der Waals surface area contributed by atoms with Crippen LogP contribution in [0.4, 0.5) is 11.6 Å². The molecule has 106 valence electrons. The molecule has 2 aromatic carbocycles. The summed E-state index contributed by atoms with van der Waals surface area (Å²) in [6.45, 7) is 2.40. The molecule has 5 heteroatoms. The maximum atomic E-state index is 5.61. The Kier molecular flexibility index (Phi) is 3.82. The Morgan fingerprint density at radius 1 is 1.05 bits per heavy atom. The highest BCUT2D eigenvalue weighted by atomic mass is 16.5. The van der Waals surface area contributed by atoms with E-state index in [4.69, 9.17) is 4.74 Å². The van der Waals surface area contributed by atoms with Gasteiger partial charge in [0, 0.05) is 5.69 Å². The average Bonchev–Trinajstić information content (AvgIpc) is 2.96. The second kappa shape index (κ2) is 6.09. The summed E-state index contributed by atoms with van der Waals surface area (Å²) in [5.74, 6) is 2.01.